The molecule has 6 nitrogen and oxygen atoms in total. The summed E-state index contributed by atoms with van der Waals surface area (Å²) in [5.41, 5.74) is 4.01. The van der Waals surface area contributed by atoms with Gasteiger partial charge in [-0.1, -0.05) is 42.5 Å². The SMILES string of the molecule is CNC(=O)c1ccc(CC(=O)c2[nH]c(-c3ccccc3)cc2-c2ccc(OC)cc2)o1. The Morgan fingerprint density at radius 2 is 1.71 bits per heavy atom. The molecular weight excluding hydrogens is 392 g/mol. The van der Waals surface area contributed by atoms with Crippen LogP contribution in [0.2, 0.25) is 0 Å². The van der Waals surface area contributed by atoms with E-state index in [0.717, 1.165) is 28.1 Å². The van der Waals surface area contributed by atoms with Crippen molar-refractivity contribution in [3.8, 4) is 28.1 Å². The fourth-order valence-electron chi connectivity index (χ4n) is 3.41. The number of nitrogens with one attached hydrogen (secondary N) is 2. The maximum absolute atomic E-state index is 13.2. The van der Waals surface area contributed by atoms with Gasteiger partial charge in [-0.15, -0.1) is 0 Å². The lowest BCUT2D eigenvalue weighted by molar-refractivity contribution is 0.0925. The summed E-state index contributed by atoms with van der Waals surface area (Å²) >= 11 is 0. The molecule has 0 radical (unpaired) electrons. The molecular formula is C25H22N2O4. The summed E-state index contributed by atoms with van der Waals surface area (Å²) in [7, 11) is 3.14. The van der Waals surface area contributed by atoms with Crippen LogP contribution >= 0.6 is 0 Å². The highest BCUT2D eigenvalue weighted by atomic mass is 16.5. The highest BCUT2D eigenvalue weighted by Gasteiger charge is 2.20. The van der Waals surface area contributed by atoms with Crippen molar-refractivity contribution < 1.29 is 18.7 Å². The first kappa shape index (κ1) is 20.2. The fourth-order valence-corrected chi connectivity index (χ4v) is 3.41. The second-order valence-electron chi connectivity index (χ2n) is 7.01. The van der Waals surface area contributed by atoms with Gasteiger partial charge in [0.25, 0.3) is 5.91 Å². The predicted octanol–water partition coefficient (Wildman–Crippen LogP) is 4.74. The zero-order chi connectivity index (χ0) is 21.8. The zero-order valence-corrected chi connectivity index (χ0v) is 17.3. The summed E-state index contributed by atoms with van der Waals surface area (Å²) in [6, 6.07) is 22.6. The van der Waals surface area contributed by atoms with E-state index in [1.165, 1.54) is 7.05 Å². The minimum atomic E-state index is -0.330. The topological polar surface area (TPSA) is 84.3 Å². The van der Waals surface area contributed by atoms with Crippen LogP contribution in [0.1, 0.15) is 26.8 Å². The number of H-pyrrole nitrogens is 1. The molecule has 1 amide bonds. The minimum absolute atomic E-state index is 0.0366. The van der Waals surface area contributed by atoms with Crippen molar-refractivity contribution in [2.75, 3.05) is 14.2 Å². The van der Waals surface area contributed by atoms with Crippen molar-refractivity contribution in [1.82, 2.24) is 10.3 Å². The quantitative estimate of drug-likeness (QED) is 0.428. The van der Waals surface area contributed by atoms with E-state index >= 15 is 0 Å². The maximum atomic E-state index is 13.2. The number of benzene rings is 2. The minimum Gasteiger partial charge on any atom is -0.497 e. The highest BCUT2D eigenvalue weighted by Crippen LogP contribution is 2.31. The summed E-state index contributed by atoms with van der Waals surface area (Å²) in [4.78, 5) is 28.2. The Bertz CT molecular complexity index is 1200. The number of ketones is 1. The van der Waals surface area contributed by atoms with E-state index in [1.54, 1.807) is 19.2 Å². The van der Waals surface area contributed by atoms with Crippen LogP contribution < -0.4 is 10.1 Å². The number of aromatic amines is 1. The van der Waals surface area contributed by atoms with Gasteiger partial charge in [0.1, 0.15) is 11.5 Å². The number of Topliss-reactive ketones (excluding diaryl/α,β-unsaturated/α-hetero) is 1. The van der Waals surface area contributed by atoms with Gasteiger partial charge < -0.3 is 19.5 Å². The third-order valence-corrected chi connectivity index (χ3v) is 5.03. The van der Waals surface area contributed by atoms with E-state index in [9.17, 15) is 9.59 Å². The number of rotatable bonds is 7. The summed E-state index contributed by atoms with van der Waals surface area (Å²) in [5, 5.41) is 2.51. The standard InChI is InChI=1S/C25H22N2O4/c1-26-25(29)23-13-12-19(31-23)14-22(28)24-20(16-8-10-18(30-2)11-9-16)15-21(27-24)17-6-4-3-5-7-17/h3-13,15,27H,14H2,1-2H3,(H,26,29). The predicted molar refractivity (Wildman–Crippen MR) is 118 cm³/mol. The smallest absolute Gasteiger partial charge is 0.286 e. The summed E-state index contributed by atoms with van der Waals surface area (Å²) in [5.74, 6) is 0.889. The van der Waals surface area contributed by atoms with E-state index in [-0.39, 0.29) is 23.9 Å². The van der Waals surface area contributed by atoms with Crippen LogP contribution in [0.5, 0.6) is 5.75 Å². The molecule has 0 fully saturated rings. The first-order chi connectivity index (χ1) is 15.1. The van der Waals surface area contributed by atoms with Crippen molar-refractivity contribution in [2.24, 2.45) is 0 Å². The Morgan fingerprint density at radius 1 is 0.968 bits per heavy atom. The molecule has 6 heteroatoms. The molecule has 4 rings (SSSR count). The lowest BCUT2D eigenvalue weighted by atomic mass is 10.0. The Kier molecular flexibility index (Phi) is 5.71. The molecule has 0 saturated carbocycles. The lowest BCUT2D eigenvalue weighted by Gasteiger charge is -2.05. The monoisotopic (exact) mass is 414 g/mol. The van der Waals surface area contributed by atoms with E-state index in [4.69, 9.17) is 9.15 Å². The van der Waals surface area contributed by atoms with Crippen molar-refractivity contribution in [2.45, 2.75) is 6.42 Å². The molecule has 0 aliphatic heterocycles. The second kappa shape index (κ2) is 8.75. The first-order valence-corrected chi connectivity index (χ1v) is 9.86. The molecule has 2 heterocycles. The van der Waals surface area contributed by atoms with Gasteiger partial charge in [0.15, 0.2) is 11.5 Å². The normalized spacial score (nSPS) is 10.6. The molecule has 31 heavy (non-hydrogen) atoms. The molecule has 0 spiro atoms. The van der Waals surface area contributed by atoms with E-state index < -0.39 is 0 Å². The fraction of sp³-hybridized carbons (Fsp3) is 0.120. The number of ether oxygens (including phenoxy) is 1. The molecule has 2 N–H and O–H groups in total. The molecule has 0 bridgehead atoms. The summed E-state index contributed by atoms with van der Waals surface area (Å²) in [6.45, 7) is 0. The van der Waals surface area contributed by atoms with Crippen molar-refractivity contribution in [1.29, 1.82) is 0 Å². The van der Waals surface area contributed by atoms with Crippen LogP contribution in [0.15, 0.2) is 77.2 Å². The van der Waals surface area contributed by atoms with Crippen molar-refractivity contribution in [3.63, 3.8) is 0 Å². The average Bonchev–Trinajstić information content (AvgIpc) is 3.47. The Hall–Kier alpha value is -4.06. The third-order valence-electron chi connectivity index (χ3n) is 5.03. The lowest BCUT2D eigenvalue weighted by Crippen LogP contribution is -2.16. The Balaban J connectivity index is 1.70. The van der Waals surface area contributed by atoms with E-state index in [2.05, 4.69) is 10.3 Å². The third kappa shape index (κ3) is 4.28. The molecule has 0 atom stereocenters. The summed E-state index contributed by atoms with van der Waals surface area (Å²) < 4.78 is 10.8. The van der Waals surface area contributed by atoms with Crippen LogP contribution in [0.3, 0.4) is 0 Å². The van der Waals surface area contributed by atoms with Gasteiger partial charge in [-0.05, 0) is 41.5 Å². The van der Waals surface area contributed by atoms with E-state index in [1.807, 2.05) is 60.7 Å². The van der Waals surface area contributed by atoms with Gasteiger partial charge in [-0.3, -0.25) is 9.59 Å². The number of hydrogen-bond donors (Lipinski definition) is 2. The highest BCUT2D eigenvalue weighted by molar-refractivity contribution is 6.03. The number of carbonyl (C=O) groups is 2. The van der Waals surface area contributed by atoms with Crippen LogP contribution in [0.4, 0.5) is 0 Å². The Labute approximate surface area is 179 Å². The van der Waals surface area contributed by atoms with Crippen molar-refractivity contribution in [3.05, 3.63) is 90.0 Å². The number of amides is 1. The number of carbonyl (C=O) groups excluding carboxylic acids is 2. The maximum Gasteiger partial charge on any atom is 0.286 e. The number of hydrogen-bond acceptors (Lipinski definition) is 4. The average molecular weight is 414 g/mol. The van der Waals surface area contributed by atoms with Crippen LogP contribution in [0.25, 0.3) is 22.4 Å². The van der Waals surface area contributed by atoms with Crippen LogP contribution in [-0.4, -0.2) is 30.8 Å². The van der Waals surface area contributed by atoms with Gasteiger partial charge in [0.2, 0.25) is 0 Å². The number of aromatic nitrogens is 1. The van der Waals surface area contributed by atoms with Crippen LogP contribution in [-0.2, 0) is 6.42 Å². The van der Waals surface area contributed by atoms with Gasteiger partial charge in [-0.25, -0.2) is 0 Å². The zero-order valence-electron chi connectivity index (χ0n) is 17.3. The molecule has 4 aromatic rings. The Morgan fingerprint density at radius 3 is 2.39 bits per heavy atom. The summed E-state index contributed by atoms with van der Waals surface area (Å²) in [6.07, 6.45) is 0.0366. The molecule has 2 aromatic carbocycles. The van der Waals surface area contributed by atoms with Gasteiger partial charge in [-0.2, -0.15) is 0 Å². The first-order valence-electron chi connectivity index (χ1n) is 9.86. The number of furan rings is 1. The molecule has 156 valence electrons. The van der Waals surface area contributed by atoms with Crippen LogP contribution in [0, 0.1) is 0 Å². The molecule has 2 aromatic heterocycles. The molecule has 0 aliphatic carbocycles. The van der Waals surface area contributed by atoms with Crippen molar-refractivity contribution >= 4 is 11.7 Å². The second-order valence-corrected chi connectivity index (χ2v) is 7.01. The van der Waals surface area contributed by atoms with Gasteiger partial charge in [0, 0.05) is 18.3 Å². The molecule has 0 unspecified atom stereocenters. The molecule has 0 aliphatic rings. The largest absolute Gasteiger partial charge is 0.497 e. The number of methoxy groups -OCH3 is 1. The van der Waals surface area contributed by atoms with Gasteiger partial charge in [0.05, 0.1) is 19.2 Å². The van der Waals surface area contributed by atoms with Gasteiger partial charge >= 0.3 is 0 Å². The molecule has 0 saturated heterocycles. The van der Waals surface area contributed by atoms with E-state index in [0.29, 0.717) is 11.5 Å².